The van der Waals surface area contributed by atoms with Crippen LogP contribution in [0.3, 0.4) is 0 Å². The first kappa shape index (κ1) is 17.2. The minimum Gasteiger partial charge on any atom is -0.370 e. The Morgan fingerprint density at radius 3 is 2.43 bits per heavy atom. The maximum absolute atomic E-state index is 11.7. The molecule has 0 atom stereocenters. The van der Waals surface area contributed by atoms with Gasteiger partial charge >= 0.3 is 0 Å². The summed E-state index contributed by atoms with van der Waals surface area (Å²) in [4.78, 5) is 20.6. The second-order valence-corrected chi connectivity index (χ2v) is 5.39. The van der Waals surface area contributed by atoms with Crippen molar-refractivity contribution in [3.05, 3.63) is 11.9 Å². The molecule has 0 aliphatic carbocycles. The maximum atomic E-state index is 11.7. The molecule has 0 fully saturated rings. The second kappa shape index (κ2) is 9.15. The average molecular weight is 293 g/mol. The molecule has 21 heavy (non-hydrogen) atoms. The van der Waals surface area contributed by atoms with Gasteiger partial charge in [-0.2, -0.15) is 0 Å². The zero-order valence-electron chi connectivity index (χ0n) is 13.5. The van der Waals surface area contributed by atoms with E-state index < -0.39 is 0 Å². The fourth-order valence-corrected chi connectivity index (χ4v) is 1.75. The van der Waals surface area contributed by atoms with Crippen LogP contribution in [0.5, 0.6) is 0 Å². The highest BCUT2D eigenvalue weighted by atomic mass is 16.1. The number of rotatable bonds is 9. The van der Waals surface area contributed by atoms with Gasteiger partial charge < -0.3 is 16.0 Å². The molecule has 0 aliphatic heterocycles. The van der Waals surface area contributed by atoms with Crippen LogP contribution in [0.4, 0.5) is 11.6 Å². The van der Waals surface area contributed by atoms with E-state index in [9.17, 15) is 4.79 Å². The summed E-state index contributed by atoms with van der Waals surface area (Å²) in [5, 5.41) is 9.12. The van der Waals surface area contributed by atoms with Gasteiger partial charge in [0.05, 0.1) is 6.54 Å². The SMILES string of the molecule is CCCc1nc(NCC)cc(NCC(=O)NCC(C)C)n1. The Morgan fingerprint density at radius 2 is 1.86 bits per heavy atom. The smallest absolute Gasteiger partial charge is 0.239 e. The van der Waals surface area contributed by atoms with Gasteiger partial charge in [-0.1, -0.05) is 20.8 Å². The molecule has 0 saturated carbocycles. The monoisotopic (exact) mass is 293 g/mol. The number of anilines is 2. The van der Waals surface area contributed by atoms with E-state index >= 15 is 0 Å². The molecule has 0 aliphatic rings. The highest BCUT2D eigenvalue weighted by molar-refractivity contribution is 5.80. The van der Waals surface area contributed by atoms with E-state index in [-0.39, 0.29) is 12.5 Å². The third kappa shape index (κ3) is 6.92. The van der Waals surface area contributed by atoms with Crippen molar-refractivity contribution >= 4 is 17.5 Å². The maximum Gasteiger partial charge on any atom is 0.239 e. The molecule has 0 aromatic carbocycles. The predicted molar refractivity (Wildman–Crippen MR) is 86.5 cm³/mol. The van der Waals surface area contributed by atoms with Gasteiger partial charge in [0.2, 0.25) is 5.91 Å². The lowest BCUT2D eigenvalue weighted by Crippen LogP contribution is -2.32. The van der Waals surface area contributed by atoms with Crippen molar-refractivity contribution in [2.75, 3.05) is 30.3 Å². The molecule has 3 N–H and O–H groups in total. The Hall–Kier alpha value is -1.85. The summed E-state index contributed by atoms with van der Waals surface area (Å²) in [5.74, 6) is 2.69. The first-order valence-electron chi connectivity index (χ1n) is 7.67. The first-order chi connectivity index (χ1) is 10.0. The lowest BCUT2D eigenvalue weighted by Gasteiger charge is -2.11. The van der Waals surface area contributed by atoms with Gasteiger partial charge in [-0.05, 0) is 19.3 Å². The van der Waals surface area contributed by atoms with Crippen LogP contribution in [0.2, 0.25) is 0 Å². The van der Waals surface area contributed by atoms with Gasteiger partial charge in [0.15, 0.2) is 0 Å². The lowest BCUT2D eigenvalue weighted by molar-refractivity contribution is -0.119. The Kier molecular flexibility index (Phi) is 7.50. The number of aromatic nitrogens is 2. The molecule has 1 heterocycles. The number of aryl methyl sites for hydroxylation is 1. The van der Waals surface area contributed by atoms with Crippen LogP contribution in [0, 0.1) is 5.92 Å². The number of hydrogen-bond donors (Lipinski definition) is 3. The quantitative estimate of drug-likeness (QED) is 0.649. The minimum absolute atomic E-state index is 0.0237. The summed E-state index contributed by atoms with van der Waals surface area (Å²) in [7, 11) is 0. The van der Waals surface area contributed by atoms with E-state index in [0.29, 0.717) is 18.3 Å². The van der Waals surface area contributed by atoms with Crippen LogP contribution in [0.1, 0.15) is 39.9 Å². The van der Waals surface area contributed by atoms with E-state index in [2.05, 4.69) is 46.7 Å². The molecule has 0 spiro atoms. The van der Waals surface area contributed by atoms with E-state index in [0.717, 1.165) is 31.0 Å². The summed E-state index contributed by atoms with van der Waals surface area (Å²) in [6, 6.07) is 1.83. The fourth-order valence-electron chi connectivity index (χ4n) is 1.75. The van der Waals surface area contributed by atoms with E-state index in [1.165, 1.54) is 0 Å². The standard InChI is InChI=1S/C15H27N5O/c1-5-7-12-19-13(16-6-2)8-14(20-12)17-10-15(21)18-9-11(3)4/h8,11H,5-7,9-10H2,1-4H3,(H,18,21)(H2,16,17,19,20). The zero-order valence-corrected chi connectivity index (χ0v) is 13.5. The Labute approximate surface area is 127 Å². The van der Waals surface area contributed by atoms with Crippen molar-refractivity contribution in [1.29, 1.82) is 0 Å². The average Bonchev–Trinajstić information content (AvgIpc) is 2.43. The van der Waals surface area contributed by atoms with Crippen LogP contribution in [0.15, 0.2) is 6.07 Å². The second-order valence-electron chi connectivity index (χ2n) is 5.39. The molecule has 1 rings (SSSR count). The van der Waals surface area contributed by atoms with E-state index in [1.54, 1.807) is 0 Å². The summed E-state index contributed by atoms with van der Waals surface area (Å²) in [5.41, 5.74) is 0. The van der Waals surface area contributed by atoms with Crippen molar-refractivity contribution < 1.29 is 4.79 Å². The van der Waals surface area contributed by atoms with Gasteiger partial charge in [0.25, 0.3) is 0 Å². The summed E-state index contributed by atoms with van der Waals surface area (Å²) < 4.78 is 0. The molecule has 0 saturated heterocycles. The lowest BCUT2D eigenvalue weighted by atomic mass is 10.2. The predicted octanol–water partition coefficient (Wildman–Crippen LogP) is 2.04. The van der Waals surface area contributed by atoms with E-state index in [4.69, 9.17) is 0 Å². The molecule has 118 valence electrons. The number of carbonyl (C=O) groups is 1. The van der Waals surface area contributed by atoms with Crippen molar-refractivity contribution in [2.24, 2.45) is 5.92 Å². The summed E-state index contributed by atoms with van der Waals surface area (Å²) in [6.45, 7) is 9.96. The number of amides is 1. The largest absolute Gasteiger partial charge is 0.370 e. The third-order valence-electron chi connectivity index (χ3n) is 2.74. The van der Waals surface area contributed by atoms with Crippen molar-refractivity contribution in [3.8, 4) is 0 Å². The van der Waals surface area contributed by atoms with Crippen LogP contribution in [-0.4, -0.2) is 35.5 Å². The molecular formula is C15H27N5O. The van der Waals surface area contributed by atoms with E-state index in [1.807, 2.05) is 13.0 Å². The molecule has 6 nitrogen and oxygen atoms in total. The summed E-state index contributed by atoms with van der Waals surface area (Å²) >= 11 is 0. The number of carbonyl (C=O) groups excluding carboxylic acids is 1. The molecule has 1 aromatic rings. The van der Waals surface area contributed by atoms with Crippen molar-refractivity contribution in [2.45, 2.75) is 40.5 Å². The van der Waals surface area contributed by atoms with Crippen molar-refractivity contribution in [3.63, 3.8) is 0 Å². The Balaban J connectivity index is 2.62. The van der Waals surface area contributed by atoms with Gasteiger partial charge in [-0.3, -0.25) is 4.79 Å². The normalized spacial score (nSPS) is 10.5. The molecule has 0 bridgehead atoms. The number of nitrogens with zero attached hydrogens (tertiary/aromatic N) is 2. The number of hydrogen-bond acceptors (Lipinski definition) is 5. The summed E-state index contributed by atoms with van der Waals surface area (Å²) in [6.07, 6.45) is 1.82. The van der Waals surface area contributed by atoms with Crippen LogP contribution in [0.25, 0.3) is 0 Å². The first-order valence-corrected chi connectivity index (χ1v) is 7.67. The van der Waals surface area contributed by atoms with Crippen LogP contribution >= 0.6 is 0 Å². The fraction of sp³-hybridized carbons (Fsp3) is 0.667. The molecule has 0 unspecified atom stereocenters. The molecule has 1 amide bonds. The minimum atomic E-state index is -0.0237. The van der Waals surface area contributed by atoms with Gasteiger partial charge in [-0.25, -0.2) is 9.97 Å². The van der Waals surface area contributed by atoms with Crippen LogP contribution in [-0.2, 0) is 11.2 Å². The Bertz CT molecular complexity index is 423. The van der Waals surface area contributed by atoms with Crippen LogP contribution < -0.4 is 16.0 Å². The van der Waals surface area contributed by atoms with Gasteiger partial charge in [-0.15, -0.1) is 0 Å². The Morgan fingerprint density at radius 1 is 1.19 bits per heavy atom. The number of nitrogens with one attached hydrogen (secondary N) is 3. The highest BCUT2D eigenvalue weighted by Crippen LogP contribution is 2.12. The van der Waals surface area contributed by atoms with Crippen molar-refractivity contribution in [1.82, 2.24) is 15.3 Å². The van der Waals surface area contributed by atoms with Gasteiger partial charge in [0.1, 0.15) is 17.5 Å². The topological polar surface area (TPSA) is 78.9 Å². The zero-order chi connectivity index (χ0) is 15.7. The molecule has 0 radical (unpaired) electrons. The molecule has 6 heteroatoms. The molecular weight excluding hydrogens is 266 g/mol. The van der Waals surface area contributed by atoms with Gasteiger partial charge in [0, 0.05) is 25.6 Å². The highest BCUT2D eigenvalue weighted by Gasteiger charge is 2.06. The third-order valence-corrected chi connectivity index (χ3v) is 2.74. The molecule has 1 aromatic heterocycles.